The van der Waals surface area contributed by atoms with Crippen LogP contribution in [-0.2, 0) is 14.0 Å². The number of rotatable bonds is 13. The van der Waals surface area contributed by atoms with Crippen LogP contribution in [0.2, 0.25) is 33.3 Å². The summed E-state index contributed by atoms with van der Waals surface area (Å²) < 4.78 is 14.1. The molecule has 0 aliphatic heterocycles. The number of esters is 1. The number of nitrogens with zero attached hydrogens (tertiary/aromatic N) is 4. The summed E-state index contributed by atoms with van der Waals surface area (Å²) in [6.45, 7) is 17.6. The summed E-state index contributed by atoms with van der Waals surface area (Å²) in [6, 6.07) is 2.77. The Morgan fingerprint density at radius 2 is 1.61 bits per heavy atom. The molecule has 0 bridgehead atoms. The molecule has 246 valence electrons. The number of hydrogen-bond donors (Lipinski definition) is 0. The fraction of sp³-hybridized carbons (Fsp3) is 0.688. The SMILES string of the molecule is CCOC(=O)[C@]1(C)CC[C@@H](n2ncc(C(=O)N(CC(O[Si](CC)(CC)CC)c3c(Cl)cncc3Cl)CC(C)(C)C)c2Cl)CC1. The van der Waals surface area contributed by atoms with E-state index < -0.39 is 19.8 Å². The Kier molecular flexibility index (Phi) is 12.8. The molecule has 0 N–H and O–H groups in total. The molecular formula is C32H49Cl3N4O4Si. The molecular weight excluding hydrogens is 639 g/mol. The third-order valence-electron chi connectivity index (χ3n) is 9.01. The van der Waals surface area contributed by atoms with Gasteiger partial charge >= 0.3 is 5.97 Å². The molecule has 1 amide bonds. The van der Waals surface area contributed by atoms with Crippen molar-refractivity contribution in [1.82, 2.24) is 19.7 Å². The highest BCUT2D eigenvalue weighted by Gasteiger charge is 2.41. The standard InChI is InChI=1S/C32H49Cl3N4O4Si/c1-9-42-30(41)32(8)15-13-22(14-16-32)39-28(35)23(17-37-39)29(40)38(21-31(5,6)7)20-26(43-44(10-2,11-3)12-4)27-24(33)18-36-19-25(27)34/h17-19,22,26H,9-16,20-21H2,1-8H3/t22-,26?,32-. The first kappa shape index (κ1) is 36.8. The fourth-order valence-electron chi connectivity index (χ4n) is 6.12. The minimum atomic E-state index is -2.15. The van der Waals surface area contributed by atoms with Crippen molar-refractivity contribution in [3.8, 4) is 0 Å². The Bertz CT molecular complexity index is 1260. The van der Waals surface area contributed by atoms with Crippen molar-refractivity contribution in [2.45, 2.75) is 111 Å². The maximum absolute atomic E-state index is 14.3. The lowest BCUT2D eigenvalue weighted by molar-refractivity contribution is -0.156. The van der Waals surface area contributed by atoms with Gasteiger partial charge in [0.25, 0.3) is 5.91 Å². The third-order valence-corrected chi connectivity index (χ3v) is 14.6. The van der Waals surface area contributed by atoms with Crippen LogP contribution in [0.5, 0.6) is 0 Å². The molecule has 1 aliphatic carbocycles. The molecule has 44 heavy (non-hydrogen) atoms. The molecule has 1 atom stereocenters. The number of pyridine rings is 1. The van der Waals surface area contributed by atoms with E-state index in [-0.39, 0.29) is 29.9 Å². The molecule has 2 heterocycles. The van der Waals surface area contributed by atoms with Gasteiger partial charge in [-0.3, -0.25) is 19.3 Å². The smallest absolute Gasteiger partial charge is 0.311 e. The van der Waals surface area contributed by atoms with E-state index in [2.05, 4.69) is 51.6 Å². The lowest BCUT2D eigenvalue weighted by Crippen LogP contribution is -2.44. The Morgan fingerprint density at radius 1 is 1.05 bits per heavy atom. The number of hydrogen-bond acceptors (Lipinski definition) is 6. The van der Waals surface area contributed by atoms with E-state index in [4.69, 9.17) is 44.0 Å². The van der Waals surface area contributed by atoms with E-state index in [1.54, 1.807) is 28.2 Å². The Morgan fingerprint density at radius 3 is 2.11 bits per heavy atom. The molecule has 1 saturated carbocycles. The van der Waals surface area contributed by atoms with Crippen LogP contribution in [0.4, 0.5) is 0 Å². The predicted molar refractivity (Wildman–Crippen MR) is 180 cm³/mol. The Labute approximate surface area is 279 Å². The molecule has 0 saturated heterocycles. The summed E-state index contributed by atoms with van der Waals surface area (Å²) in [6.07, 6.45) is 6.91. The van der Waals surface area contributed by atoms with Crippen molar-refractivity contribution in [2.24, 2.45) is 10.8 Å². The molecule has 8 nitrogen and oxygen atoms in total. The second-order valence-electron chi connectivity index (χ2n) is 13.4. The van der Waals surface area contributed by atoms with Crippen LogP contribution in [0, 0.1) is 10.8 Å². The van der Waals surface area contributed by atoms with Gasteiger partial charge in [0.15, 0.2) is 8.32 Å². The molecule has 1 aliphatic rings. The molecule has 12 heteroatoms. The maximum Gasteiger partial charge on any atom is 0.311 e. The van der Waals surface area contributed by atoms with Crippen LogP contribution in [0.3, 0.4) is 0 Å². The number of carbonyl (C=O) groups excluding carboxylic acids is 2. The highest BCUT2D eigenvalue weighted by Crippen LogP contribution is 2.43. The Balaban J connectivity index is 1.95. The van der Waals surface area contributed by atoms with Gasteiger partial charge < -0.3 is 14.1 Å². The second kappa shape index (κ2) is 15.3. The quantitative estimate of drug-likeness (QED) is 0.154. The highest BCUT2D eigenvalue weighted by atomic mass is 35.5. The summed E-state index contributed by atoms with van der Waals surface area (Å²) in [5.41, 5.74) is 0.248. The molecule has 0 aromatic carbocycles. The van der Waals surface area contributed by atoms with Crippen molar-refractivity contribution in [1.29, 1.82) is 0 Å². The molecule has 0 spiro atoms. The van der Waals surface area contributed by atoms with Crippen molar-refractivity contribution >= 4 is 55.0 Å². The maximum atomic E-state index is 14.3. The van der Waals surface area contributed by atoms with Crippen molar-refractivity contribution < 1.29 is 18.8 Å². The van der Waals surface area contributed by atoms with Gasteiger partial charge in [-0.15, -0.1) is 0 Å². The van der Waals surface area contributed by atoms with E-state index in [1.165, 1.54) is 0 Å². The van der Waals surface area contributed by atoms with Gasteiger partial charge in [0.1, 0.15) is 5.15 Å². The average molecular weight is 688 g/mol. The first-order valence-electron chi connectivity index (χ1n) is 15.8. The van der Waals surface area contributed by atoms with E-state index in [9.17, 15) is 9.59 Å². The molecule has 2 aromatic heterocycles. The fourth-order valence-corrected chi connectivity index (χ4v) is 9.83. The average Bonchev–Trinajstić information content (AvgIpc) is 3.35. The van der Waals surface area contributed by atoms with Crippen LogP contribution in [0.1, 0.15) is 109 Å². The van der Waals surface area contributed by atoms with Gasteiger partial charge in [-0.05, 0) is 63.1 Å². The predicted octanol–water partition coefficient (Wildman–Crippen LogP) is 9.17. The number of carbonyl (C=O) groups is 2. The summed E-state index contributed by atoms with van der Waals surface area (Å²) in [5, 5.41) is 5.70. The van der Waals surface area contributed by atoms with Crippen LogP contribution in [-0.4, -0.2) is 59.6 Å². The first-order chi connectivity index (χ1) is 20.6. The zero-order valence-corrected chi connectivity index (χ0v) is 30.8. The van der Waals surface area contributed by atoms with Crippen LogP contribution in [0.15, 0.2) is 18.6 Å². The third kappa shape index (κ3) is 8.58. The van der Waals surface area contributed by atoms with Gasteiger partial charge in [0.05, 0.1) is 52.5 Å². The zero-order valence-electron chi connectivity index (χ0n) is 27.5. The number of amides is 1. The number of aromatic nitrogens is 3. The monoisotopic (exact) mass is 686 g/mol. The lowest BCUT2D eigenvalue weighted by Gasteiger charge is -2.38. The van der Waals surface area contributed by atoms with Crippen LogP contribution >= 0.6 is 34.8 Å². The number of ether oxygens (including phenoxy) is 1. The zero-order chi connectivity index (χ0) is 32.9. The van der Waals surface area contributed by atoms with Gasteiger partial charge in [0, 0.05) is 24.5 Å². The van der Waals surface area contributed by atoms with Crippen LogP contribution in [0.25, 0.3) is 0 Å². The van der Waals surface area contributed by atoms with E-state index in [0.717, 1.165) is 18.1 Å². The summed E-state index contributed by atoms with van der Waals surface area (Å²) in [5.74, 6) is -0.388. The van der Waals surface area contributed by atoms with Crippen LogP contribution < -0.4 is 0 Å². The van der Waals surface area contributed by atoms with Gasteiger partial charge in [0.2, 0.25) is 0 Å². The molecule has 3 rings (SSSR count). The van der Waals surface area contributed by atoms with Gasteiger partial charge in [-0.1, -0.05) is 76.3 Å². The summed E-state index contributed by atoms with van der Waals surface area (Å²) >= 11 is 20.3. The highest BCUT2D eigenvalue weighted by molar-refractivity contribution is 6.73. The first-order valence-corrected chi connectivity index (χ1v) is 19.5. The van der Waals surface area contributed by atoms with E-state index >= 15 is 0 Å². The van der Waals surface area contributed by atoms with E-state index in [0.29, 0.717) is 65.2 Å². The lowest BCUT2D eigenvalue weighted by atomic mass is 9.74. The van der Waals surface area contributed by atoms with Gasteiger partial charge in [-0.2, -0.15) is 5.10 Å². The van der Waals surface area contributed by atoms with Crippen molar-refractivity contribution in [3.63, 3.8) is 0 Å². The summed E-state index contributed by atoms with van der Waals surface area (Å²) in [4.78, 5) is 32.8. The topological polar surface area (TPSA) is 86.6 Å². The second-order valence-corrected chi connectivity index (χ2v) is 19.3. The van der Waals surface area contributed by atoms with Gasteiger partial charge in [-0.25, -0.2) is 0 Å². The molecule has 0 radical (unpaired) electrons. The summed E-state index contributed by atoms with van der Waals surface area (Å²) in [7, 11) is -2.15. The Hall–Kier alpha value is -1.65. The van der Waals surface area contributed by atoms with E-state index in [1.807, 2.05) is 13.8 Å². The van der Waals surface area contributed by atoms with Crippen molar-refractivity contribution in [2.75, 3.05) is 19.7 Å². The number of halogens is 3. The molecule has 1 fully saturated rings. The normalized spacial score (nSPS) is 19.9. The minimum Gasteiger partial charge on any atom is -0.466 e. The largest absolute Gasteiger partial charge is 0.466 e. The molecule has 2 aromatic rings. The van der Waals surface area contributed by atoms with Crippen molar-refractivity contribution in [3.05, 3.63) is 44.9 Å². The molecule has 1 unspecified atom stereocenters. The minimum absolute atomic E-state index is 0.0154.